The number of anilines is 1. The molecule has 2 aliphatic heterocycles. The van der Waals surface area contributed by atoms with Crippen molar-refractivity contribution in [3.05, 3.63) is 71.9 Å². The van der Waals surface area contributed by atoms with Crippen LogP contribution in [0.2, 0.25) is 0 Å². The Kier molecular flexibility index (Phi) is 6.93. The van der Waals surface area contributed by atoms with Crippen LogP contribution < -0.4 is 10.1 Å². The number of carbonyl (C=O) groups is 1. The molecule has 2 aliphatic rings. The lowest BCUT2D eigenvalue weighted by atomic mass is 9.99. The minimum atomic E-state index is -3.43. The van der Waals surface area contributed by atoms with Crippen LogP contribution in [0.5, 0.6) is 5.75 Å². The Labute approximate surface area is 211 Å². The zero-order valence-corrected chi connectivity index (χ0v) is 21.0. The monoisotopic (exact) mass is 507 g/mol. The smallest absolute Gasteiger partial charge is 0.309 e. The van der Waals surface area contributed by atoms with Crippen LogP contribution in [0.15, 0.2) is 65.7 Å². The molecule has 1 fully saturated rings. The maximum atomic E-state index is 12.9. The third kappa shape index (κ3) is 5.08. The van der Waals surface area contributed by atoms with Gasteiger partial charge in [0.05, 0.1) is 24.5 Å². The highest BCUT2D eigenvalue weighted by Crippen LogP contribution is 2.34. The first-order valence-electron chi connectivity index (χ1n) is 12.1. The van der Waals surface area contributed by atoms with E-state index in [1.54, 1.807) is 22.6 Å². The van der Waals surface area contributed by atoms with E-state index in [0.717, 1.165) is 53.1 Å². The van der Waals surface area contributed by atoms with Gasteiger partial charge in [0.1, 0.15) is 18.2 Å². The molecule has 36 heavy (non-hydrogen) atoms. The van der Waals surface area contributed by atoms with Gasteiger partial charge in [0.2, 0.25) is 10.0 Å². The molecule has 0 spiro atoms. The van der Waals surface area contributed by atoms with Crippen molar-refractivity contribution in [2.45, 2.75) is 36.6 Å². The van der Waals surface area contributed by atoms with Gasteiger partial charge in [-0.15, -0.1) is 0 Å². The fourth-order valence-electron chi connectivity index (χ4n) is 4.71. The highest BCUT2D eigenvalue weighted by Gasteiger charge is 2.28. The molecule has 0 amide bonds. The second-order valence-corrected chi connectivity index (χ2v) is 11.0. The summed E-state index contributed by atoms with van der Waals surface area (Å²) in [6.45, 7) is 1.64. The molecule has 1 atom stereocenters. The topological polar surface area (TPSA) is 97.8 Å². The van der Waals surface area contributed by atoms with Crippen LogP contribution in [0, 0.1) is 0 Å². The number of aromatic nitrogens is 1. The predicted octanol–water partition coefficient (Wildman–Crippen LogP) is 3.66. The molecule has 0 radical (unpaired) electrons. The number of pyridine rings is 1. The van der Waals surface area contributed by atoms with E-state index in [-0.39, 0.29) is 18.4 Å². The van der Waals surface area contributed by atoms with Crippen LogP contribution >= 0.6 is 0 Å². The summed E-state index contributed by atoms with van der Waals surface area (Å²) in [5.41, 5.74) is 3.95. The lowest BCUT2D eigenvalue weighted by Gasteiger charge is -2.16. The zero-order valence-electron chi connectivity index (χ0n) is 20.1. The van der Waals surface area contributed by atoms with Crippen LogP contribution in [0.25, 0.3) is 11.1 Å². The number of hydrogen-bond donors (Lipinski definition) is 1. The van der Waals surface area contributed by atoms with Gasteiger partial charge in [-0.3, -0.25) is 4.79 Å². The molecule has 9 heteroatoms. The largest absolute Gasteiger partial charge is 0.491 e. The van der Waals surface area contributed by atoms with E-state index >= 15 is 0 Å². The van der Waals surface area contributed by atoms with Gasteiger partial charge in [0, 0.05) is 31.3 Å². The van der Waals surface area contributed by atoms with Gasteiger partial charge < -0.3 is 14.8 Å². The molecular formula is C27H29N3O5S. The molecule has 0 saturated carbocycles. The number of hydrogen-bond acceptors (Lipinski definition) is 7. The standard InChI is InChI=1S/C27H29N3O5S/c1-34-26(31)16-19-4-8-22(9-5-19)35-18-21-17-25-24(12-13-28-27(25)29-21)20-6-10-23(11-7-20)36(32,33)30-14-2-3-15-30/h4-13,21H,2-3,14-18H2,1H3,(H,28,29). The molecule has 1 unspecified atom stereocenters. The molecule has 3 heterocycles. The third-order valence-electron chi connectivity index (χ3n) is 6.67. The summed E-state index contributed by atoms with van der Waals surface area (Å²) in [6.07, 6.45) is 4.57. The van der Waals surface area contributed by atoms with Crippen LogP contribution in [0.1, 0.15) is 24.0 Å². The van der Waals surface area contributed by atoms with Gasteiger partial charge in [-0.05, 0) is 59.9 Å². The Morgan fingerprint density at radius 2 is 1.78 bits per heavy atom. The number of ether oxygens (including phenoxy) is 2. The van der Waals surface area contributed by atoms with Crippen LogP contribution in [-0.2, 0) is 32.4 Å². The van der Waals surface area contributed by atoms with E-state index in [0.29, 0.717) is 24.6 Å². The van der Waals surface area contributed by atoms with Crippen molar-refractivity contribution in [2.24, 2.45) is 0 Å². The molecule has 1 N–H and O–H groups in total. The van der Waals surface area contributed by atoms with Crippen LogP contribution in [0.4, 0.5) is 5.82 Å². The Balaban J connectivity index is 1.24. The second kappa shape index (κ2) is 10.3. The lowest BCUT2D eigenvalue weighted by molar-refractivity contribution is -0.139. The van der Waals surface area contributed by atoms with Crippen LogP contribution in [0.3, 0.4) is 0 Å². The maximum absolute atomic E-state index is 12.9. The number of nitrogens with one attached hydrogen (secondary N) is 1. The Hall–Kier alpha value is -3.43. The highest BCUT2D eigenvalue weighted by molar-refractivity contribution is 7.89. The fourth-order valence-corrected chi connectivity index (χ4v) is 6.23. The van der Waals surface area contributed by atoms with E-state index in [1.807, 2.05) is 42.5 Å². The molecule has 1 saturated heterocycles. The lowest BCUT2D eigenvalue weighted by Crippen LogP contribution is -2.27. The number of fused-ring (bicyclic) bond motifs is 1. The number of methoxy groups -OCH3 is 1. The Morgan fingerprint density at radius 1 is 1.06 bits per heavy atom. The predicted molar refractivity (Wildman–Crippen MR) is 136 cm³/mol. The number of benzene rings is 2. The molecule has 0 bridgehead atoms. The Bertz CT molecular complexity index is 1330. The van der Waals surface area contributed by atoms with Crippen molar-refractivity contribution in [3.8, 4) is 16.9 Å². The normalized spacial score (nSPS) is 17.4. The van der Waals surface area contributed by atoms with Gasteiger partial charge in [-0.2, -0.15) is 4.31 Å². The molecular weight excluding hydrogens is 478 g/mol. The van der Waals surface area contributed by atoms with Crippen molar-refractivity contribution in [2.75, 3.05) is 32.1 Å². The number of nitrogens with zero attached hydrogens (tertiary/aromatic N) is 2. The van der Waals surface area contributed by atoms with Gasteiger partial charge in [-0.25, -0.2) is 13.4 Å². The van der Waals surface area contributed by atoms with Crippen molar-refractivity contribution in [3.63, 3.8) is 0 Å². The number of carbonyl (C=O) groups excluding carboxylic acids is 1. The molecule has 0 aliphatic carbocycles. The van der Waals surface area contributed by atoms with E-state index in [9.17, 15) is 13.2 Å². The molecule has 3 aromatic rings. The highest BCUT2D eigenvalue weighted by atomic mass is 32.2. The van der Waals surface area contributed by atoms with Gasteiger partial charge in [0.15, 0.2) is 0 Å². The van der Waals surface area contributed by atoms with Gasteiger partial charge in [0.25, 0.3) is 0 Å². The quantitative estimate of drug-likeness (QED) is 0.465. The average molecular weight is 508 g/mol. The summed E-state index contributed by atoms with van der Waals surface area (Å²) >= 11 is 0. The zero-order chi connectivity index (χ0) is 25.1. The van der Waals surface area contributed by atoms with Gasteiger partial charge in [-0.1, -0.05) is 24.3 Å². The summed E-state index contributed by atoms with van der Waals surface area (Å²) in [6, 6.07) is 16.6. The molecule has 1 aromatic heterocycles. The summed E-state index contributed by atoms with van der Waals surface area (Å²) in [5, 5.41) is 3.43. The van der Waals surface area contributed by atoms with E-state index in [4.69, 9.17) is 9.47 Å². The van der Waals surface area contributed by atoms with Crippen molar-refractivity contribution >= 4 is 21.8 Å². The summed E-state index contributed by atoms with van der Waals surface area (Å²) in [5.74, 6) is 1.27. The number of sulfonamides is 1. The fraction of sp³-hybridized carbons (Fsp3) is 0.333. The summed E-state index contributed by atoms with van der Waals surface area (Å²) in [7, 11) is -2.06. The van der Waals surface area contributed by atoms with E-state index in [1.165, 1.54) is 7.11 Å². The SMILES string of the molecule is COC(=O)Cc1ccc(OCC2Cc3c(-c4ccc(S(=O)(=O)N5CCCC5)cc4)ccnc3N2)cc1. The van der Waals surface area contributed by atoms with Crippen molar-refractivity contribution < 1.29 is 22.7 Å². The first-order valence-corrected chi connectivity index (χ1v) is 13.5. The number of esters is 1. The third-order valence-corrected chi connectivity index (χ3v) is 8.58. The first-order chi connectivity index (χ1) is 17.4. The maximum Gasteiger partial charge on any atom is 0.309 e. The minimum Gasteiger partial charge on any atom is -0.491 e. The second-order valence-electron chi connectivity index (χ2n) is 9.07. The minimum absolute atomic E-state index is 0.0539. The van der Waals surface area contributed by atoms with Crippen LogP contribution in [-0.4, -0.2) is 56.5 Å². The number of rotatable bonds is 8. The molecule has 5 rings (SSSR count). The molecule has 188 valence electrons. The average Bonchev–Trinajstić information content (AvgIpc) is 3.59. The summed E-state index contributed by atoms with van der Waals surface area (Å²) < 4.78 is 37.9. The first kappa shape index (κ1) is 24.3. The molecule has 2 aromatic carbocycles. The van der Waals surface area contributed by atoms with Crippen molar-refractivity contribution in [1.29, 1.82) is 0 Å². The van der Waals surface area contributed by atoms with E-state index < -0.39 is 10.0 Å². The molecule has 8 nitrogen and oxygen atoms in total. The van der Waals surface area contributed by atoms with Gasteiger partial charge >= 0.3 is 5.97 Å². The Morgan fingerprint density at radius 3 is 2.47 bits per heavy atom. The summed E-state index contributed by atoms with van der Waals surface area (Å²) in [4.78, 5) is 16.3. The van der Waals surface area contributed by atoms with Crippen molar-refractivity contribution in [1.82, 2.24) is 9.29 Å². The van der Waals surface area contributed by atoms with E-state index in [2.05, 4.69) is 10.3 Å².